The fraction of sp³-hybridized carbons (Fsp3) is 0.548. The second-order valence-electron chi connectivity index (χ2n) is 11.3. The lowest BCUT2D eigenvalue weighted by Gasteiger charge is -2.38. The third-order valence-electron chi connectivity index (χ3n) is 7.94. The standard InChI is InChI=1S/C31H43N3O4/c1-22-18-34(23(2)21-35)31(37)27-17-26(32-30(36)16-24-10-6-4-7-11-24)14-15-28(27)38-29(22)20-33(3)19-25-12-8-5-9-13-25/h4,6-7,10-11,14-15,17,22-23,25,29,35H,5,8-9,12-13,16,18-21H2,1-3H3,(H,32,36)/t22-,23+,29+/m0/s1. The number of fused-ring (bicyclic) bond motifs is 1. The Morgan fingerprint density at radius 1 is 1.13 bits per heavy atom. The summed E-state index contributed by atoms with van der Waals surface area (Å²) in [5.74, 6) is 1.00. The van der Waals surface area contributed by atoms with Gasteiger partial charge in [-0.25, -0.2) is 0 Å². The molecule has 1 heterocycles. The van der Waals surface area contributed by atoms with Gasteiger partial charge in [0.2, 0.25) is 5.91 Å². The monoisotopic (exact) mass is 521 g/mol. The van der Waals surface area contributed by atoms with Crippen LogP contribution in [-0.4, -0.2) is 72.2 Å². The van der Waals surface area contributed by atoms with Crippen LogP contribution >= 0.6 is 0 Å². The summed E-state index contributed by atoms with van der Waals surface area (Å²) in [6.45, 7) is 6.18. The summed E-state index contributed by atoms with van der Waals surface area (Å²) in [5.41, 5.74) is 1.89. The fourth-order valence-corrected chi connectivity index (χ4v) is 5.70. The minimum absolute atomic E-state index is 0.0835. The maximum absolute atomic E-state index is 13.7. The third-order valence-corrected chi connectivity index (χ3v) is 7.94. The Morgan fingerprint density at radius 3 is 2.58 bits per heavy atom. The summed E-state index contributed by atoms with van der Waals surface area (Å²) in [6, 6.07) is 14.5. The number of carbonyl (C=O) groups excluding carboxylic acids is 2. The number of anilines is 1. The largest absolute Gasteiger partial charge is 0.488 e. The lowest BCUT2D eigenvalue weighted by atomic mass is 9.89. The van der Waals surface area contributed by atoms with Crippen LogP contribution < -0.4 is 10.1 Å². The second-order valence-corrected chi connectivity index (χ2v) is 11.3. The van der Waals surface area contributed by atoms with Gasteiger partial charge in [-0.15, -0.1) is 0 Å². The molecule has 2 amide bonds. The lowest BCUT2D eigenvalue weighted by Crippen LogP contribution is -2.50. The number of aliphatic hydroxyl groups is 1. The van der Waals surface area contributed by atoms with Crippen LogP contribution in [0.3, 0.4) is 0 Å². The highest BCUT2D eigenvalue weighted by Gasteiger charge is 2.34. The Labute approximate surface area is 227 Å². The molecule has 0 bridgehead atoms. The van der Waals surface area contributed by atoms with Gasteiger partial charge in [0.1, 0.15) is 11.9 Å². The molecule has 0 radical (unpaired) electrons. The van der Waals surface area contributed by atoms with Gasteiger partial charge < -0.3 is 25.0 Å². The zero-order valence-electron chi connectivity index (χ0n) is 23.1. The number of nitrogens with one attached hydrogen (secondary N) is 1. The molecule has 1 aliphatic heterocycles. The van der Waals surface area contributed by atoms with Crippen molar-refractivity contribution in [1.82, 2.24) is 9.80 Å². The summed E-state index contributed by atoms with van der Waals surface area (Å²) >= 11 is 0. The normalized spacial score (nSPS) is 21.3. The molecule has 0 aromatic heterocycles. The Balaban J connectivity index is 1.53. The van der Waals surface area contributed by atoms with E-state index in [1.807, 2.05) is 37.3 Å². The number of hydrogen-bond donors (Lipinski definition) is 2. The van der Waals surface area contributed by atoms with Crippen molar-refractivity contribution in [1.29, 1.82) is 0 Å². The highest BCUT2D eigenvalue weighted by molar-refractivity contribution is 6.00. The van der Waals surface area contributed by atoms with Gasteiger partial charge in [-0.05, 0) is 56.5 Å². The molecule has 206 valence electrons. The molecule has 1 aliphatic carbocycles. The molecule has 1 fully saturated rings. The summed E-state index contributed by atoms with van der Waals surface area (Å²) in [7, 11) is 2.16. The Bertz CT molecular complexity index is 1070. The van der Waals surface area contributed by atoms with E-state index >= 15 is 0 Å². The highest BCUT2D eigenvalue weighted by Crippen LogP contribution is 2.31. The van der Waals surface area contributed by atoms with Gasteiger partial charge in [0.15, 0.2) is 0 Å². The van der Waals surface area contributed by atoms with Crippen molar-refractivity contribution in [2.75, 3.05) is 38.6 Å². The number of benzene rings is 2. The first kappa shape index (κ1) is 28.1. The van der Waals surface area contributed by atoms with Crippen LogP contribution in [0.25, 0.3) is 0 Å². The maximum atomic E-state index is 13.7. The molecule has 0 spiro atoms. The molecule has 4 rings (SSSR count). The van der Waals surface area contributed by atoms with Crippen molar-refractivity contribution in [3.05, 3.63) is 59.7 Å². The van der Waals surface area contributed by atoms with Crippen LogP contribution in [0.4, 0.5) is 5.69 Å². The topological polar surface area (TPSA) is 82.1 Å². The molecule has 7 nitrogen and oxygen atoms in total. The van der Waals surface area contributed by atoms with Crippen LogP contribution in [0.2, 0.25) is 0 Å². The third kappa shape index (κ3) is 7.35. The first-order chi connectivity index (χ1) is 18.3. The number of carbonyl (C=O) groups is 2. The predicted octanol–water partition coefficient (Wildman–Crippen LogP) is 4.60. The van der Waals surface area contributed by atoms with E-state index in [0.29, 0.717) is 23.5 Å². The van der Waals surface area contributed by atoms with Gasteiger partial charge in [0, 0.05) is 31.2 Å². The molecule has 0 unspecified atom stereocenters. The number of amides is 2. The van der Waals surface area contributed by atoms with E-state index in [4.69, 9.17) is 4.74 Å². The Hall–Kier alpha value is -2.90. The second kappa shape index (κ2) is 13.3. The SMILES string of the molecule is C[C@H](CO)N1C[C@H](C)[C@@H](CN(C)CC2CCCCC2)Oc2ccc(NC(=O)Cc3ccccc3)cc2C1=O. The number of hydrogen-bond acceptors (Lipinski definition) is 5. The summed E-state index contributed by atoms with van der Waals surface area (Å²) in [6.07, 6.45) is 6.73. The first-order valence-corrected chi connectivity index (χ1v) is 14.1. The molecular weight excluding hydrogens is 478 g/mol. The fourth-order valence-electron chi connectivity index (χ4n) is 5.70. The number of nitrogens with zero attached hydrogens (tertiary/aromatic N) is 2. The van der Waals surface area contributed by atoms with Crippen LogP contribution in [0.15, 0.2) is 48.5 Å². The van der Waals surface area contributed by atoms with Gasteiger partial charge in [0.05, 0.1) is 24.6 Å². The van der Waals surface area contributed by atoms with Gasteiger partial charge in [-0.3, -0.25) is 9.59 Å². The van der Waals surface area contributed by atoms with Gasteiger partial charge >= 0.3 is 0 Å². The van der Waals surface area contributed by atoms with Crippen LogP contribution in [0.1, 0.15) is 61.9 Å². The smallest absolute Gasteiger partial charge is 0.258 e. The minimum Gasteiger partial charge on any atom is -0.488 e. The zero-order chi connectivity index (χ0) is 27.1. The maximum Gasteiger partial charge on any atom is 0.258 e. The molecule has 2 aromatic rings. The van der Waals surface area contributed by atoms with Gasteiger partial charge in [0.25, 0.3) is 5.91 Å². The number of rotatable bonds is 9. The molecule has 3 atom stereocenters. The molecular formula is C31H43N3O4. The van der Waals surface area contributed by atoms with E-state index in [2.05, 4.69) is 24.2 Å². The average molecular weight is 522 g/mol. The molecule has 0 saturated heterocycles. The zero-order valence-corrected chi connectivity index (χ0v) is 23.1. The molecule has 2 aromatic carbocycles. The van der Waals surface area contributed by atoms with Crippen molar-refractivity contribution in [3.63, 3.8) is 0 Å². The van der Waals surface area contributed by atoms with Crippen LogP contribution in [-0.2, 0) is 11.2 Å². The van der Waals surface area contributed by atoms with E-state index in [1.54, 1.807) is 23.1 Å². The van der Waals surface area contributed by atoms with E-state index in [0.717, 1.165) is 24.6 Å². The Morgan fingerprint density at radius 2 is 1.87 bits per heavy atom. The van der Waals surface area contributed by atoms with E-state index < -0.39 is 0 Å². The van der Waals surface area contributed by atoms with Crippen molar-refractivity contribution < 1.29 is 19.4 Å². The van der Waals surface area contributed by atoms with E-state index in [9.17, 15) is 14.7 Å². The summed E-state index contributed by atoms with van der Waals surface area (Å²) in [5, 5.41) is 12.8. The van der Waals surface area contributed by atoms with Crippen molar-refractivity contribution in [2.45, 2.75) is 64.5 Å². The molecule has 38 heavy (non-hydrogen) atoms. The first-order valence-electron chi connectivity index (χ1n) is 14.1. The van der Waals surface area contributed by atoms with Gasteiger partial charge in [-0.2, -0.15) is 0 Å². The highest BCUT2D eigenvalue weighted by atomic mass is 16.5. The molecule has 1 saturated carbocycles. The van der Waals surface area contributed by atoms with Crippen molar-refractivity contribution in [2.24, 2.45) is 11.8 Å². The lowest BCUT2D eigenvalue weighted by molar-refractivity contribution is -0.115. The van der Waals surface area contributed by atoms with Crippen LogP contribution in [0.5, 0.6) is 5.75 Å². The predicted molar refractivity (Wildman–Crippen MR) is 150 cm³/mol. The summed E-state index contributed by atoms with van der Waals surface area (Å²) < 4.78 is 6.53. The van der Waals surface area contributed by atoms with Crippen molar-refractivity contribution >= 4 is 17.5 Å². The number of ether oxygens (including phenoxy) is 1. The Kier molecular flexibility index (Phi) is 9.80. The van der Waals surface area contributed by atoms with E-state index in [-0.39, 0.29) is 42.9 Å². The molecule has 2 aliphatic rings. The minimum atomic E-state index is -0.326. The molecule has 2 N–H and O–H groups in total. The van der Waals surface area contributed by atoms with E-state index in [1.165, 1.54) is 32.1 Å². The summed E-state index contributed by atoms with van der Waals surface area (Å²) in [4.78, 5) is 30.5. The number of likely N-dealkylation sites (N-methyl/N-ethyl adjacent to an activating group) is 1. The molecule has 7 heteroatoms. The quantitative estimate of drug-likeness (QED) is 0.504. The average Bonchev–Trinajstić information content (AvgIpc) is 2.91. The van der Waals surface area contributed by atoms with Crippen LogP contribution in [0, 0.1) is 11.8 Å². The van der Waals surface area contributed by atoms with Crippen molar-refractivity contribution in [3.8, 4) is 5.75 Å². The van der Waals surface area contributed by atoms with Gasteiger partial charge in [-0.1, -0.05) is 56.5 Å². The number of aliphatic hydroxyl groups excluding tert-OH is 1.